The van der Waals surface area contributed by atoms with Crippen molar-refractivity contribution in [3.05, 3.63) is 76.8 Å². The SMILES string of the molecule is CC(OC(=O)COc1ccccc1[N+](=O)[O-])C(=O)Nc1ccc2ccccc2c1. The quantitative estimate of drug-likeness (QED) is 0.372. The van der Waals surface area contributed by atoms with E-state index in [1.165, 1.54) is 25.1 Å². The Kier molecular flexibility index (Phi) is 6.03. The van der Waals surface area contributed by atoms with Crippen LogP contribution in [0.25, 0.3) is 10.8 Å². The second-order valence-electron chi connectivity index (χ2n) is 6.20. The van der Waals surface area contributed by atoms with Crippen molar-refractivity contribution in [2.24, 2.45) is 0 Å². The van der Waals surface area contributed by atoms with Crippen LogP contribution >= 0.6 is 0 Å². The van der Waals surface area contributed by atoms with E-state index in [4.69, 9.17) is 9.47 Å². The summed E-state index contributed by atoms with van der Waals surface area (Å²) in [5.74, 6) is -1.37. The lowest BCUT2D eigenvalue weighted by molar-refractivity contribution is -0.385. The fourth-order valence-electron chi connectivity index (χ4n) is 2.66. The average Bonchev–Trinajstić information content (AvgIpc) is 2.72. The fourth-order valence-corrected chi connectivity index (χ4v) is 2.66. The van der Waals surface area contributed by atoms with Crippen molar-refractivity contribution in [2.45, 2.75) is 13.0 Å². The average molecular weight is 394 g/mol. The predicted molar refractivity (Wildman–Crippen MR) is 107 cm³/mol. The molecule has 8 heteroatoms. The highest BCUT2D eigenvalue weighted by molar-refractivity contribution is 5.97. The molecule has 1 unspecified atom stereocenters. The Balaban J connectivity index is 1.55. The summed E-state index contributed by atoms with van der Waals surface area (Å²) in [7, 11) is 0. The Labute approximate surface area is 166 Å². The number of para-hydroxylation sites is 2. The zero-order chi connectivity index (χ0) is 20.8. The van der Waals surface area contributed by atoms with Crippen molar-refractivity contribution in [1.29, 1.82) is 0 Å². The summed E-state index contributed by atoms with van der Waals surface area (Å²) >= 11 is 0. The molecule has 3 rings (SSSR count). The first kappa shape index (κ1) is 19.8. The van der Waals surface area contributed by atoms with Crippen LogP contribution in [-0.4, -0.2) is 29.5 Å². The summed E-state index contributed by atoms with van der Waals surface area (Å²) in [4.78, 5) is 34.6. The van der Waals surface area contributed by atoms with Gasteiger partial charge in [-0.25, -0.2) is 4.79 Å². The molecular weight excluding hydrogens is 376 g/mol. The van der Waals surface area contributed by atoms with Crippen LogP contribution in [0.15, 0.2) is 66.7 Å². The normalized spacial score (nSPS) is 11.5. The van der Waals surface area contributed by atoms with Gasteiger partial charge in [-0.3, -0.25) is 14.9 Å². The number of fused-ring (bicyclic) bond motifs is 1. The third kappa shape index (κ3) is 5.07. The van der Waals surface area contributed by atoms with E-state index in [0.717, 1.165) is 10.8 Å². The number of rotatable bonds is 7. The minimum absolute atomic E-state index is 0.0530. The summed E-state index contributed by atoms with van der Waals surface area (Å²) in [6, 6.07) is 18.8. The van der Waals surface area contributed by atoms with Crippen molar-refractivity contribution in [3.63, 3.8) is 0 Å². The molecule has 8 nitrogen and oxygen atoms in total. The van der Waals surface area contributed by atoms with Crippen molar-refractivity contribution >= 4 is 34.0 Å². The van der Waals surface area contributed by atoms with Gasteiger partial charge in [0, 0.05) is 11.8 Å². The van der Waals surface area contributed by atoms with Gasteiger partial charge in [0.15, 0.2) is 18.5 Å². The van der Waals surface area contributed by atoms with Crippen LogP contribution in [-0.2, 0) is 14.3 Å². The molecule has 1 amide bonds. The maximum Gasteiger partial charge on any atom is 0.344 e. The topological polar surface area (TPSA) is 108 Å². The number of hydrogen-bond donors (Lipinski definition) is 1. The molecular formula is C21H18N2O6. The van der Waals surface area contributed by atoms with Gasteiger partial charge >= 0.3 is 11.7 Å². The van der Waals surface area contributed by atoms with Gasteiger partial charge in [0.2, 0.25) is 0 Å². The van der Waals surface area contributed by atoms with Crippen molar-refractivity contribution in [3.8, 4) is 5.75 Å². The number of anilines is 1. The maximum absolute atomic E-state index is 12.3. The third-order valence-electron chi connectivity index (χ3n) is 4.10. The van der Waals surface area contributed by atoms with E-state index in [-0.39, 0.29) is 11.4 Å². The number of ether oxygens (including phenoxy) is 2. The van der Waals surface area contributed by atoms with Crippen LogP contribution in [0.4, 0.5) is 11.4 Å². The molecule has 0 aromatic heterocycles. The second kappa shape index (κ2) is 8.83. The summed E-state index contributed by atoms with van der Waals surface area (Å²) in [5.41, 5.74) is 0.315. The van der Waals surface area contributed by atoms with E-state index in [1.807, 2.05) is 36.4 Å². The van der Waals surface area contributed by atoms with Gasteiger partial charge in [0.25, 0.3) is 5.91 Å². The molecule has 3 aromatic rings. The lowest BCUT2D eigenvalue weighted by Crippen LogP contribution is -2.31. The molecule has 0 aliphatic carbocycles. The van der Waals surface area contributed by atoms with E-state index in [9.17, 15) is 19.7 Å². The van der Waals surface area contributed by atoms with Crippen LogP contribution < -0.4 is 10.1 Å². The first-order chi connectivity index (χ1) is 13.9. The fraction of sp³-hybridized carbons (Fsp3) is 0.143. The van der Waals surface area contributed by atoms with E-state index < -0.39 is 29.5 Å². The van der Waals surface area contributed by atoms with Crippen LogP contribution in [0.2, 0.25) is 0 Å². The van der Waals surface area contributed by atoms with Crippen LogP contribution in [0.3, 0.4) is 0 Å². The summed E-state index contributed by atoms with van der Waals surface area (Å²) in [5, 5.41) is 15.6. The smallest absolute Gasteiger partial charge is 0.344 e. The largest absolute Gasteiger partial charge is 0.475 e. The molecule has 1 atom stereocenters. The molecule has 0 radical (unpaired) electrons. The Bertz CT molecular complexity index is 1070. The summed E-state index contributed by atoms with van der Waals surface area (Å²) in [6.45, 7) is 0.873. The van der Waals surface area contributed by atoms with Crippen molar-refractivity contribution in [2.75, 3.05) is 11.9 Å². The lowest BCUT2D eigenvalue weighted by Gasteiger charge is -2.14. The van der Waals surface area contributed by atoms with Gasteiger partial charge in [-0.2, -0.15) is 0 Å². The monoisotopic (exact) mass is 394 g/mol. The Hall–Kier alpha value is -3.94. The van der Waals surface area contributed by atoms with Gasteiger partial charge in [-0.15, -0.1) is 0 Å². The molecule has 0 fully saturated rings. The zero-order valence-corrected chi connectivity index (χ0v) is 15.5. The Morgan fingerprint density at radius 1 is 1.03 bits per heavy atom. The first-order valence-electron chi connectivity index (χ1n) is 8.79. The molecule has 0 saturated carbocycles. The van der Waals surface area contributed by atoms with Crippen molar-refractivity contribution < 1.29 is 24.0 Å². The molecule has 148 valence electrons. The first-order valence-corrected chi connectivity index (χ1v) is 8.79. The number of amides is 1. The lowest BCUT2D eigenvalue weighted by atomic mass is 10.1. The van der Waals surface area contributed by atoms with Gasteiger partial charge in [0.1, 0.15) is 0 Å². The molecule has 0 heterocycles. The molecule has 0 bridgehead atoms. The Morgan fingerprint density at radius 2 is 1.72 bits per heavy atom. The summed E-state index contributed by atoms with van der Waals surface area (Å²) in [6.07, 6.45) is -1.07. The van der Waals surface area contributed by atoms with Crippen LogP contribution in [0.5, 0.6) is 5.75 Å². The van der Waals surface area contributed by atoms with Crippen molar-refractivity contribution in [1.82, 2.24) is 0 Å². The molecule has 0 spiro atoms. The number of nitrogens with zero attached hydrogens (tertiary/aromatic N) is 1. The van der Waals surface area contributed by atoms with E-state index in [1.54, 1.807) is 12.1 Å². The molecule has 0 aliphatic heterocycles. The molecule has 3 aromatic carbocycles. The second-order valence-corrected chi connectivity index (χ2v) is 6.20. The number of nitro benzene ring substituents is 1. The van der Waals surface area contributed by atoms with Gasteiger partial charge in [-0.1, -0.05) is 42.5 Å². The zero-order valence-electron chi connectivity index (χ0n) is 15.5. The number of benzene rings is 3. The van der Waals surface area contributed by atoms with Crippen LogP contribution in [0.1, 0.15) is 6.92 Å². The molecule has 1 N–H and O–H groups in total. The number of hydrogen-bond acceptors (Lipinski definition) is 6. The minimum atomic E-state index is -1.07. The van der Waals surface area contributed by atoms with E-state index in [0.29, 0.717) is 5.69 Å². The van der Waals surface area contributed by atoms with Gasteiger partial charge < -0.3 is 14.8 Å². The van der Waals surface area contributed by atoms with Gasteiger partial charge in [-0.05, 0) is 35.9 Å². The highest BCUT2D eigenvalue weighted by atomic mass is 16.6. The Morgan fingerprint density at radius 3 is 2.48 bits per heavy atom. The standard InChI is InChI=1S/C21H18N2O6/c1-14(21(25)22-17-11-10-15-6-2-3-7-16(15)12-17)29-20(24)13-28-19-9-5-4-8-18(19)23(26)27/h2-12,14H,13H2,1H3,(H,22,25). The molecule has 29 heavy (non-hydrogen) atoms. The highest BCUT2D eigenvalue weighted by Crippen LogP contribution is 2.25. The van der Waals surface area contributed by atoms with E-state index >= 15 is 0 Å². The predicted octanol–water partition coefficient (Wildman–Crippen LogP) is 3.70. The number of nitro groups is 1. The molecule has 0 aliphatic rings. The number of esters is 1. The van der Waals surface area contributed by atoms with Gasteiger partial charge in [0.05, 0.1) is 4.92 Å². The number of carbonyl (C=O) groups excluding carboxylic acids is 2. The number of nitrogens with one attached hydrogen (secondary N) is 1. The minimum Gasteiger partial charge on any atom is -0.475 e. The highest BCUT2D eigenvalue weighted by Gasteiger charge is 2.20. The summed E-state index contributed by atoms with van der Waals surface area (Å²) < 4.78 is 10.2. The number of carbonyl (C=O) groups is 2. The third-order valence-corrected chi connectivity index (χ3v) is 4.10. The van der Waals surface area contributed by atoms with E-state index in [2.05, 4.69) is 5.32 Å². The molecule has 0 saturated heterocycles. The maximum atomic E-state index is 12.3. The van der Waals surface area contributed by atoms with Crippen LogP contribution in [0, 0.1) is 10.1 Å².